The number of benzene rings is 1. The van der Waals surface area contributed by atoms with E-state index in [1.54, 1.807) is 10.9 Å². The van der Waals surface area contributed by atoms with Gasteiger partial charge in [-0.1, -0.05) is 0 Å². The van der Waals surface area contributed by atoms with Crippen molar-refractivity contribution >= 4 is 28.6 Å². The molecule has 0 saturated heterocycles. The minimum Gasteiger partial charge on any atom is -0.397 e. The highest BCUT2D eigenvalue weighted by molar-refractivity contribution is 7.07. The van der Waals surface area contributed by atoms with Gasteiger partial charge in [-0.25, -0.2) is 13.8 Å². The summed E-state index contributed by atoms with van der Waals surface area (Å²) >= 11 is 1.35. The summed E-state index contributed by atoms with van der Waals surface area (Å²) in [6, 6.07) is 2.09. The van der Waals surface area contributed by atoms with E-state index in [-0.39, 0.29) is 17.8 Å². The van der Waals surface area contributed by atoms with Gasteiger partial charge in [0.2, 0.25) is 5.91 Å². The lowest BCUT2D eigenvalue weighted by molar-refractivity contribution is -0.115. The first-order valence-corrected chi connectivity index (χ1v) is 5.92. The molecular formula is C11H9F2N3OS. The smallest absolute Gasteiger partial charge is 0.230 e. The lowest BCUT2D eigenvalue weighted by Crippen LogP contribution is -2.17. The Bertz CT molecular complexity index is 572. The molecule has 0 aliphatic heterocycles. The van der Waals surface area contributed by atoms with E-state index in [1.807, 2.05) is 0 Å². The van der Waals surface area contributed by atoms with Crippen LogP contribution in [0.4, 0.5) is 20.2 Å². The van der Waals surface area contributed by atoms with Gasteiger partial charge in [0.05, 0.1) is 23.3 Å². The van der Waals surface area contributed by atoms with Gasteiger partial charge in [-0.15, -0.1) is 11.3 Å². The number of nitrogens with two attached hydrogens (primary N) is 1. The number of carbonyl (C=O) groups is 1. The maximum Gasteiger partial charge on any atom is 0.230 e. The van der Waals surface area contributed by atoms with Crippen molar-refractivity contribution in [2.75, 3.05) is 11.1 Å². The zero-order valence-corrected chi connectivity index (χ0v) is 9.93. The first-order valence-electron chi connectivity index (χ1n) is 4.98. The third-order valence-electron chi connectivity index (χ3n) is 2.22. The Labute approximate surface area is 105 Å². The number of anilines is 2. The van der Waals surface area contributed by atoms with E-state index in [0.29, 0.717) is 5.69 Å². The van der Waals surface area contributed by atoms with Crippen LogP contribution in [0, 0.1) is 11.6 Å². The molecule has 4 nitrogen and oxygen atoms in total. The molecular weight excluding hydrogens is 260 g/mol. The van der Waals surface area contributed by atoms with Crippen LogP contribution < -0.4 is 11.1 Å². The van der Waals surface area contributed by atoms with Gasteiger partial charge < -0.3 is 11.1 Å². The molecule has 0 saturated carbocycles. The quantitative estimate of drug-likeness (QED) is 0.839. The van der Waals surface area contributed by atoms with Gasteiger partial charge >= 0.3 is 0 Å². The third-order valence-corrected chi connectivity index (χ3v) is 2.85. The lowest BCUT2D eigenvalue weighted by Gasteiger charge is -2.09. The van der Waals surface area contributed by atoms with Crippen LogP contribution in [-0.2, 0) is 11.2 Å². The number of hydrogen-bond acceptors (Lipinski definition) is 4. The molecule has 0 atom stereocenters. The van der Waals surface area contributed by atoms with Gasteiger partial charge in [0, 0.05) is 5.38 Å². The number of amides is 1. The first-order chi connectivity index (χ1) is 8.58. The summed E-state index contributed by atoms with van der Waals surface area (Å²) in [5.74, 6) is -2.73. The Kier molecular flexibility index (Phi) is 3.52. The zero-order chi connectivity index (χ0) is 13.1. The first kappa shape index (κ1) is 12.4. The second kappa shape index (κ2) is 5.09. The predicted octanol–water partition coefficient (Wildman–Crippen LogP) is 2.18. The standard InChI is InChI=1S/C11H9F2N3OS/c12-7-1-2-8(14)11(10(7)13)16-9(17)3-6-4-18-5-15-6/h1-2,4-5H,3,14H2,(H,16,17). The fourth-order valence-corrected chi connectivity index (χ4v) is 1.92. The number of thiazole rings is 1. The third kappa shape index (κ3) is 2.62. The van der Waals surface area contributed by atoms with Crippen molar-refractivity contribution in [3.63, 3.8) is 0 Å². The monoisotopic (exact) mass is 269 g/mol. The topological polar surface area (TPSA) is 68.0 Å². The molecule has 2 rings (SSSR count). The van der Waals surface area contributed by atoms with Gasteiger partial charge in [-0.3, -0.25) is 4.79 Å². The highest BCUT2D eigenvalue weighted by Gasteiger charge is 2.15. The van der Waals surface area contributed by atoms with E-state index in [9.17, 15) is 13.6 Å². The molecule has 1 amide bonds. The normalized spacial score (nSPS) is 10.3. The second-order valence-corrected chi connectivity index (χ2v) is 4.25. The molecule has 94 valence electrons. The van der Waals surface area contributed by atoms with Crippen molar-refractivity contribution in [2.24, 2.45) is 0 Å². The van der Waals surface area contributed by atoms with E-state index in [4.69, 9.17) is 5.73 Å². The molecule has 0 unspecified atom stereocenters. The van der Waals surface area contributed by atoms with Crippen molar-refractivity contribution in [3.05, 3.63) is 40.4 Å². The Morgan fingerprint density at radius 1 is 1.44 bits per heavy atom. The molecule has 18 heavy (non-hydrogen) atoms. The van der Waals surface area contributed by atoms with Gasteiger partial charge in [-0.05, 0) is 12.1 Å². The molecule has 0 bridgehead atoms. The van der Waals surface area contributed by atoms with Gasteiger partial charge in [0.1, 0.15) is 5.69 Å². The van der Waals surface area contributed by atoms with Crippen LogP contribution in [0.25, 0.3) is 0 Å². The van der Waals surface area contributed by atoms with E-state index in [0.717, 1.165) is 6.07 Å². The predicted molar refractivity (Wildman–Crippen MR) is 65.2 cm³/mol. The summed E-state index contributed by atoms with van der Waals surface area (Å²) in [4.78, 5) is 15.5. The van der Waals surface area contributed by atoms with E-state index < -0.39 is 17.5 Å². The summed E-state index contributed by atoms with van der Waals surface area (Å²) < 4.78 is 26.4. The van der Waals surface area contributed by atoms with Crippen molar-refractivity contribution in [1.82, 2.24) is 4.98 Å². The Morgan fingerprint density at radius 2 is 2.22 bits per heavy atom. The molecule has 1 aromatic heterocycles. The van der Waals surface area contributed by atoms with Gasteiger partial charge in [0.25, 0.3) is 0 Å². The van der Waals surface area contributed by atoms with E-state index in [2.05, 4.69) is 10.3 Å². The van der Waals surface area contributed by atoms with Crippen LogP contribution in [0.15, 0.2) is 23.0 Å². The molecule has 0 aliphatic rings. The molecule has 0 radical (unpaired) electrons. The van der Waals surface area contributed by atoms with Crippen molar-refractivity contribution in [3.8, 4) is 0 Å². The van der Waals surface area contributed by atoms with Crippen molar-refractivity contribution in [2.45, 2.75) is 6.42 Å². The fraction of sp³-hybridized carbons (Fsp3) is 0.0909. The Hall–Kier alpha value is -2.02. The molecule has 1 heterocycles. The summed E-state index contributed by atoms with van der Waals surface area (Å²) in [5.41, 5.74) is 7.26. The average Bonchev–Trinajstić information content (AvgIpc) is 2.82. The molecule has 0 aliphatic carbocycles. The van der Waals surface area contributed by atoms with E-state index in [1.165, 1.54) is 17.4 Å². The Balaban J connectivity index is 2.14. The minimum atomic E-state index is -1.17. The number of carbonyl (C=O) groups excluding carboxylic acids is 1. The fourth-order valence-electron chi connectivity index (χ4n) is 1.37. The highest BCUT2D eigenvalue weighted by Crippen LogP contribution is 2.24. The van der Waals surface area contributed by atoms with Crippen LogP contribution in [0.5, 0.6) is 0 Å². The summed E-state index contributed by atoms with van der Waals surface area (Å²) in [6.07, 6.45) is -0.0150. The maximum absolute atomic E-state index is 13.4. The molecule has 3 N–H and O–H groups in total. The van der Waals surface area contributed by atoms with E-state index >= 15 is 0 Å². The van der Waals surface area contributed by atoms with Gasteiger partial charge in [0.15, 0.2) is 11.6 Å². The molecule has 2 aromatic rings. The summed E-state index contributed by atoms with van der Waals surface area (Å²) in [7, 11) is 0. The number of nitrogen functional groups attached to an aromatic ring is 1. The second-order valence-electron chi connectivity index (χ2n) is 3.53. The number of rotatable bonds is 3. The van der Waals surface area contributed by atoms with Crippen molar-refractivity contribution in [1.29, 1.82) is 0 Å². The van der Waals surface area contributed by atoms with Gasteiger partial charge in [-0.2, -0.15) is 0 Å². The van der Waals surface area contributed by atoms with Crippen LogP contribution in [0.3, 0.4) is 0 Å². The van der Waals surface area contributed by atoms with Crippen LogP contribution in [0.1, 0.15) is 5.69 Å². The minimum absolute atomic E-state index is 0.0150. The maximum atomic E-state index is 13.4. The number of nitrogens with zero attached hydrogens (tertiary/aromatic N) is 1. The molecule has 1 aromatic carbocycles. The molecule has 0 spiro atoms. The summed E-state index contributed by atoms with van der Waals surface area (Å²) in [5, 5.41) is 3.94. The van der Waals surface area contributed by atoms with Crippen LogP contribution >= 0.6 is 11.3 Å². The largest absolute Gasteiger partial charge is 0.397 e. The Morgan fingerprint density at radius 3 is 2.89 bits per heavy atom. The number of hydrogen-bond donors (Lipinski definition) is 2. The van der Waals surface area contributed by atoms with Crippen LogP contribution in [0.2, 0.25) is 0 Å². The highest BCUT2D eigenvalue weighted by atomic mass is 32.1. The number of aromatic nitrogens is 1. The van der Waals surface area contributed by atoms with Crippen molar-refractivity contribution < 1.29 is 13.6 Å². The lowest BCUT2D eigenvalue weighted by atomic mass is 10.2. The number of nitrogens with one attached hydrogen (secondary N) is 1. The number of halogens is 2. The molecule has 0 fully saturated rings. The summed E-state index contributed by atoms with van der Waals surface area (Å²) in [6.45, 7) is 0. The average molecular weight is 269 g/mol. The molecule has 7 heteroatoms. The zero-order valence-electron chi connectivity index (χ0n) is 9.11. The van der Waals surface area contributed by atoms with Crippen LogP contribution in [-0.4, -0.2) is 10.9 Å². The SMILES string of the molecule is Nc1ccc(F)c(F)c1NC(=O)Cc1cscn1.